The average molecular weight is 283 g/mol. The predicted molar refractivity (Wildman–Crippen MR) is 73.0 cm³/mol. The number of hydrogen-bond donors (Lipinski definition) is 1. The first-order chi connectivity index (χ1) is 7.81. The van der Waals surface area contributed by atoms with Gasteiger partial charge in [0.2, 0.25) is 0 Å². The van der Waals surface area contributed by atoms with Crippen LogP contribution in [0.2, 0.25) is 0 Å². The molecule has 1 heterocycles. The van der Waals surface area contributed by atoms with Crippen LogP contribution in [0.1, 0.15) is 24.8 Å². The molecular formula is C13H19BrN2. The van der Waals surface area contributed by atoms with Crippen LogP contribution in [0.3, 0.4) is 0 Å². The Kier molecular flexibility index (Phi) is 4.24. The maximum absolute atomic E-state index is 3.65. The molecule has 0 atom stereocenters. The zero-order valence-electron chi connectivity index (χ0n) is 9.80. The summed E-state index contributed by atoms with van der Waals surface area (Å²) in [6, 6.07) is 6.70. The number of rotatable bonds is 3. The van der Waals surface area contributed by atoms with Crippen LogP contribution in [0.25, 0.3) is 0 Å². The van der Waals surface area contributed by atoms with Crippen LogP contribution in [0, 0.1) is 0 Å². The van der Waals surface area contributed by atoms with Gasteiger partial charge in [-0.05, 0) is 44.0 Å². The molecule has 0 bridgehead atoms. The summed E-state index contributed by atoms with van der Waals surface area (Å²) in [5, 5.41) is 3.18. The van der Waals surface area contributed by atoms with E-state index >= 15 is 0 Å². The quantitative estimate of drug-likeness (QED) is 0.916. The van der Waals surface area contributed by atoms with Crippen LogP contribution in [-0.4, -0.2) is 20.1 Å². The first-order valence-electron chi connectivity index (χ1n) is 5.99. The molecule has 2 rings (SSSR count). The molecule has 2 nitrogen and oxygen atoms in total. The summed E-state index contributed by atoms with van der Waals surface area (Å²) in [4.78, 5) is 2.48. The van der Waals surface area contributed by atoms with Crippen molar-refractivity contribution >= 4 is 21.6 Å². The second-order valence-corrected chi connectivity index (χ2v) is 5.21. The normalized spacial score (nSPS) is 16.5. The van der Waals surface area contributed by atoms with Crippen LogP contribution >= 0.6 is 15.9 Å². The summed E-state index contributed by atoms with van der Waals surface area (Å²) in [6.45, 7) is 3.33. The molecule has 0 amide bonds. The molecule has 1 aromatic carbocycles. The number of anilines is 1. The SMILES string of the molecule is CNCc1ccc(N2CCCCC2)cc1Br. The fourth-order valence-corrected chi connectivity index (χ4v) is 2.73. The van der Waals surface area contributed by atoms with Crippen molar-refractivity contribution in [3.8, 4) is 0 Å². The maximum atomic E-state index is 3.65. The topological polar surface area (TPSA) is 15.3 Å². The molecule has 0 aromatic heterocycles. The number of nitrogens with zero attached hydrogens (tertiary/aromatic N) is 1. The van der Waals surface area contributed by atoms with E-state index in [2.05, 4.69) is 44.3 Å². The van der Waals surface area contributed by atoms with E-state index in [0.29, 0.717) is 0 Å². The van der Waals surface area contributed by atoms with Gasteiger partial charge < -0.3 is 10.2 Å². The van der Waals surface area contributed by atoms with Crippen LogP contribution < -0.4 is 10.2 Å². The summed E-state index contributed by atoms with van der Waals surface area (Å²) >= 11 is 3.65. The zero-order chi connectivity index (χ0) is 11.4. The van der Waals surface area contributed by atoms with Crippen LogP contribution in [0.15, 0.2) is 22.7 Å². The third-order valence-electron chi connectivity index (χ3n) is 3.13. The van der Waals surface area contributed by atoms with Crippen molar-refractivity contribution in [1.29, 1.82) is 0 Å². The zero-order valence-corrected chi connectivity index (χ0v) is 11.4. The minimum Gasteiger partial charge on any atom is -0.372 e. The Bertz CT molecular complexity index is 346. The molecule has 0 radical (unpaired) electrons. The molecule has 0 unspecified atom stereocenters. The lowest BCUT2D eigenvalue weighted by atomic mass is 10.1. The van der Waals surface area contributed by atoms with E-state index in [1.807, 2.05) is 7.05 Å². The molecular weight excluding hydrogens is 264 g/mol. The fraction of sp³-hybridized carbons (Fsp3) is 0.538. The molecule has 1 aliphatic heterocycles. The van der Waals surface area contributed by atoms with E-state index in [9.17, 15) is 0 Å². The molecule has 16 heavy (non-hydrogen) atoms. The highest BCUT2D eigenvalue weighted by molar-refractivity contribution is 9.10. The van der Waals surface area contributed by atoms with Gasteiger partial charge in [-0.15, -0.1) is 0 Å². The second-order valence-electron chi connectivity index (χ2n) is 4.35. The van der Waals surface area contributed by atoms with Crippen LogP contribution in [0.5, 0.6) is 0 Å². The monoisotopic (exact) mass is 282 g/mol. The predicted octanol–water partition coefficient (Wildman–Crippen LogP) is 3.16. The largest absolute Gasteiger partial charge is 0.372 e. The van der Waals surface area contributed by atoms with E-state index in [0.717, 1.165) is 6.54 Å². The van der Waals surface area contributed by atoms with Gasteiger partial charge in [0.25, 0.3) is 0 Å². The summed E-state index contributed by atoms with van der Waals surface area (Å²) < 4.78 is 1.21. The Hall–Kier alpha value is -0.540. The lowest BCUT2D eigenvalue weighted by Gasteiger charge is -2.29. The fourth-order valence-electron chi connectivity index (χ4n) is 2.22. The van der Waals surface area contributed by atoms with Gasteiger partial charge >= 0.3 is 0 Å². The van der Waals surface area contributed by atoms with Crippen molar-refractivity contribution in [2.24, 2.45) is 0 Å². The Labute approximate surface area is 106 Å². The molecule has 1 aromatic rings. The summed E-state index contributed by atoms with van der Waals surface area (Å²) in [7, 11) is 1.98. The number of halogens is 1. The van der Waals surface area contributed by atoms with Crippen molar-refractivity contribution in [1.82, 2.24) is 5.32 Å². The van der Waals surface area contributed by atoms with E-state index in [1.165, 1.54) is 48.1 Å². The van der Waals surface area contributed by atoms with Gasteiger partial charge in [-0.2, -0.15) is 0 Å². The lowest BCUT2D eigenvalue weighted by Crippen LogP contribution is -2.29. The molecule has 0 saturated carbocycles. The number of nitrogens with one attached hydrogen (secondary N) is 1. The summed E-state index contributed by atoms with van der Waals surface area (Å²) in [6.07, 6.45) is 4.04. The van der Waals surface area contributed by atoms with Gasteiger partial charge in [-0.3, -0.25) is 0 Å². The molecule has 0 spiro atoms. The minimum absolute atomic E-state index is 0.918. The lowest BCUT2D eigenvalue weighted by molar-refractivity contribution is 0.577. The standard InChI is InChI=1S/C13H19BrN2/c1-15-10-11-5-6-12(9-13(11)14)16-7-3-2-4-8-16/h5-6,9,15H,2-4,7-8,10H2,1H3. The molecule has 1 saturated heterocycles. The maximum Gasteiger partial charge on any atom is 0.0377 e. The Morgan fingerprint density at radius 3 is 2.62 bits per heavy atom. The highest BCUT2D eigenvalue weighted by Gasteiger charge is 2.11. The van der Waals surface area contributed by atoms with Crippen molar-refractivity contribution in [3.05, 3.63) is 28.2 Å². The van der Waals surface area contributed by atoms with E-state index in [4.69, 9.17) is 0 Å². The molecule has 1 N–H and O–H groups in total. The highest BCUT2D eigenvalue weighted by Crippen LogP contribution is 2.26. The first kappa shape index (κ1) is 11.9. The Morgan fingerprint density at radius 2 is 2.00 bits per heavy atom. The molecule has 1 fully saturated rings. The molecule has 1 aliphatic rings. The molecule has 88 valence electrons. The number of hydrogen-bond acceptors (Lipinski definition) is 2. The number of piperidine rings is 1. The van der Waals surface area contributed by atoms with Gasteiger partial charge in [0.1, 0.15) is 0 Å². The van der Waals surface area contributed by atoms with Crippen molar-refractivity contribution in [3.63, 3.8) is 0 Å². The number of benzene rings is 1. The van der Waals surface area contributed by atoms with Crippen molar-refractivity contribution in [2.45, 2.75) is 25.8 Å². The van der Waals surface area contributed by atoms with Gasteiger partial charge in [-0.25, -0.2) is 0 Å². The smallest absolute Gasteiger partial charge is 0.0377 e. The summed E-state index contributed by atoms with van der Waals surface area (Å²) in [5.74, 6) is 0. The van der Waals surface area contributed by atoms with Crippen molar-refractivity contribution < 1.29 is 0 Å². The minimum atomic E-state index is 0.918. The van der Waals surface area contributed by atoms with E-state index < -0.39 is 0 Å². The van der Waals surface area contributed by atoms with E-state index in [-0.39, 0.29) is 0 Å². The Balaban J connectivity index is 2.13. The van der Waals surface area contributed by atoms with E-state index in [1.54, 1.807) is 0 Å². The molecule has 3 heteroatoms. The molecule has 0 aliphatic carbocycles. The average Bonchev–Trinajstić information content (AvgIpc) is 2.33. The van der Waals surface area contributed by atoms with Crippen molar-refractivity contribution in [2.75, 3.05) is 25.0 Å². The first-order valence-corrected chi connectivity index (χ1v) is 6.78. The van der Waals surface area contributed by atoms with Gasteiger partial charge in [-0.1, -0.05) is 22.0 Å². The van der Waals surface area contributed by atoms with Crippen LogP contribution in [-0.2, 0) is 6.54 Å². The third-order valence-corrected chi connectivity index (χ3v) is 3.86. The Morgan fingerprint density at radius 1 is 1.25 bits per heavy atom. The van der Waals surface area contributed by atoms with Crippen LogP contribution in [0.4, 0.5) is 5.69 Å². The van der Waals surface area contributed by atoms with Gasteiger partial charge in [0.15, 0.2) is 0 Å². The summed E-state index contributed by atoms with van der Waals surface area (Å²) in [5.41, 5.74) is 2.68. The third kappa shape index (κ3) is 2.77. The van der Waals surface area contributed by atoms with Gasteiger partial charge in [0, 0.05) is 29.8 Å². The highest BCUT2D eigenvalue weighted by atomic mass is 79.9. The second kappa shape index (κ2) is 5.69. The van der Waals surface area contributed by atoms with Gasteiger partial charge in [0.05, 0.1) is 0 Å².